The highest BCUT2D eigenvalue weighted by Gasteiger charge is 2.15. The Balaban J connectivity index is 1.83. The maximum atomic E-state index is 6.16. The van der Waals surface area contributed by atoms with Crippen LogP contribution in [-0.4, -0.2) is 23.1 Å². The summed E-state index contributed by atoms with van der Waals surface area (Å²) in [7, 11) is 0. The Bertz CT molecular complexity index is 612. The molecule has 104 valence electrons. The van der Waals surface area contributed by atoms with Crippen LogP contribution in [0.4, 0.5) is 17.5 Å². The normalized spacial score (nSPS) is 14.6. The lowest BCUT2D eigenvalue weighted by Crippen LogP contribution is -2.20. The molecule has 0 aliphatic carbocycles. The van der Waals surface area contributed by atoms with E-state index in [2.05, 4.69) is 20.2 Å². The fraction of sp³-hybridized carbons (Fsp3) is 0.286. The number of hydrogen-bond donors (Lipinski definition) is 1. The van der Waals surface area contributed by atoms with Crippen LogP contribution in [0.5, 0.6) is 0 Å². The molecule has 0 unspecified atom stereocenters. The van der Waals surface area contributed by atoms with Crippen LogP contribution >= 0.6 is 23.2 Å². The second kappa shape index (κ2) is 5.85. The molecule has 4 nitrogen and oxygen atoms in total. The van der Waals surface area contributed by atoms with E-state index in [1.54, 1.807) is 12.3 Å². The molecule has 1 saturated heterocycles. The van der Waals surface area contributed by atoms with Gasteiger partial charge in [-0.15, -0.1) is 0 Å². The number of benzene rings is 1. The molecule has 2 heterocycles. The summed E-state index contributed by atoms with van der Waals surface area (Å²) in [6.45, 7) is 2.03. The van der Waals surface area contributed by atoms with Crippen LogP contribution in [0.3, 0.4) is 0 Å². The molecule has 1 aliphatic rings. The molecule has 1 aliphatic heterocycles. The zero-order valence-electron chi connectivity index (χ0n) is 10.8. The number of rotatable bonds is 3. The third-order valence-corrected chi connectivity index (χ3v) is 4.07. The first-order valence-corrected chi connectivity index (χ1v) is 7.29. The third-order valence-electron chi connectivity index (χ3n) is 3.25. The minimum Gasteiger partial charge on any atom is -0.341 e. The highest BCUT2D eigenvalue weighted by atomic mass is 35.5. The largest absolute Gasteiger partial charge is 0.341 e. The first-order chi connectivity index (χ1) is 9.74. The second-order valence-corrected chi connectivity index (χ2v) is 5.45. The Labute approximate surface area is 127 Å². The van der Waals surface area contributed by atoms with Gasteiger partial charge in [-0.1, -0.05) is 29.3 Å². The number of aromatic nitrogens is 2. The second-order valence-electron chi connectivity index (χ2n) is 4.66. The molecule has 0 amide bonds. The average Bonchev–Trinajstić information content (AvgIpc) is 2.98. The lowest BCUT2D eigenvalue weighted by atomic mass is 10.3. The number of hydrogen-bond acceptors (Lipinski definition) is 4. The van der Waals surface area contributed by atoms with Crippen molar-refractivity contribution in [3.05, 3.63) is 40.5 Å². The van der Waals surface area contributed by atoms with Gasteiger partial charge in [-0.3, -0.25) is 0 Å². The summed E-state index contributed by atoms with van der Waals surface area (Å²) in [6.07, 6.45) is 4.14. The number of nitrogens with one attached hydrogen (secondary N) is 1. The van der Waals surface area contributed by atoms with E-state index in [0.717, 1.165) is 24.7 Å². The predicted molar refractivity (Wildman–Crippen MR) is 83.2 cm³/mol. The molecule has 20 heavy (non-hydrogen) atoms. The molecule has 0 radical (unpaired) electrons. The van der Waals surface area contributed by atoms with Crippen LogP contribution in [0.25, 0.3) is 0 Å². The molecule has 0 saturated carbocycles. The fourth-order valence-corrected chi connectivity index (χ4v) is 2.57. The molecule has 2 aromatic rings. The summed E-state index contributed by atoms with van der Waals surface area (Å²) >= 11 is 12.2. The minimum absolute atomic E-state index is 0.496. The van der Waals surface area contributed by atoms with Crippen molar-refractivity contribution in [3.8, 4) is 0 Å². The van der Waals surface area contributed by atoms with Crippen molar-refractivity contribution in [1.82, 2.24) is 9.97 Å². The number of nitrogens with zero attached hydrogens (tertiary/aromatic N) is 3. The molecule has 1 aromatic carbocycles. The molecule has 1 aromatic heterocycles. The van der Waals surface area contributed by atoms with Crippen molar-refractivity contribution < 1.29 is 0 Å². The van der Waals surface area contributed by atoms with Gasteiger partial charge in [0, 0.05) is 19.3 Å². The Morgan fingerprint density at radius 1 is 1.10 bits per heavy atom. The average molecular weight is 309 g/mol. The van der Waals surface area contributed by atoms with Gasteiger partial charge in [-0.2, -0.15) is 4.98 Å². The van der Waals surface area contributed by atoms with Gasteiger partial charge in [0.2, 0.25) is 5.95 Å². The summed E-state index contributed by atoms with van der Waals surface area (Å²) in [5, 5.41) is 4.20. The van der Waals surface area contributed by atoms with Crippen molar-refractivity contribution >= 4 is 40.7 Å². The quantitative estimate of drug-likeness (QED) is 0.925. The summed E-state index contributed by atoms with van der Waals surface area (Å²) in [5.41, 5.74) is 0.741. The van der Waals surface area contributed by atoms with Gasteiger partial charge in [-0.25, -0.2) is 4.98 Å². The van der Waals surface area contributed by atoms with Crippen molar-refractivity contribution in [2.24, 2.45) is 0 Å². The predicted octanol–water partition coefficient (Wildman–Crippen LogP) is 4.13. The van der Waals surface area contributed by atoms with Crippen LogP contribution < -0.4 is 10.2 Å². The lowest BCUT2D eigenvalue weighted by molar-refractivity contribution is 0.900. The standard InChI is InChI=1S/C14H14Cl2N4/c15-10-4-3-5-11(13(10)16)18-12-6-7-17-14(19-12)20-8-1-2-9-20/h3-7H,1-2,8-9H2,(H,17,18,19). The van der Waals surface area contributed by atoms with Crippen molar-refractivity contribution in [2.75, 3.05) is 23.3 Å². The van der Waals surface area contributed by atoms with Gasteiger partial charge in [-0.05, 0) is 31.0 Å². The van der Waals surface area contributed by atoms with Gasteiger partial charge < -0.3 is 10.2 Å². The maximum Gasteiger partial charge on any atom is 0.227 e. The monoisotopic (exact) mass is 308 g/mol. The zero-order valence-corrected chi connectivity index (χ0v) is 12.3. The summed E-state index contributed by atoms with van der Waals surface area (Å²) in [5.74, 6) is 1.47. The maximum absolute atomic E-state index is 6.16. The topological polar surface area (TPSA) is 41.1 Å². The molecule has 0 atom stereocenters. The number of halogens is 2. The first kappa shape index (κ1) is 13.5. The summed E-state index contributed by atoms with van der Waals surface area (Å²) in [6, 6.07) is 7.28. The molecule has 0 bridgehead atoms. The molecule has 0 spiro atoms. The fourth-order valence-electron chi connectivity index (χ4n) is 2.23. The van der Waals surface area contributed by atoms with Gasteiger partial charge in [0.1, 0.15) is 5.82 Å². The molecular weight excluding hydrogens is 295 g/mol. The van der Waals surface area contributed by atoms with E-state index < -0.39 is 0 Å². The van der Waals surface area contributed by atoms with Crippen LogP contribution in [0.15, 0.2) is 30.5 Å². The van der Waals surface area contributed by atoms with Crippen LogP contribution in [-0.2, 0) is 0 Å². The van der Waals surface area contributed by atoms with Gasteiger partial charge in [0.15, 0.2) is 0 Å². The van der Waals surface area contributed by atoms with E-state index in [-0.39, 0.29) is 0 Å². The lowest BCUT2D eigenvalue weighted by Gasteiger charge is -2.16. The van der Waals surface area contributed by atoms with E-state index in [0.29, 0.717) is 15.9 Å². The SMILES string of the molecule is Clc1cccc(Nc2ccnc(N3CCCC3)n2)c1Cl. The van der Waals surface area contributed by atoms with Gasteiger partial charge in [0.05, 0.1) is 15.7 Å². The van der Waals surface area contributed by atoms with Crippen LogP contribution in [0.2, 0.25) is 10.0 Å². The Hall–Kier alpha value is -1.52. The van der Waals surface area contributed by atoms with Crippen molar-refractivity contribution in [3.63, 3.8) is 0 Å². The Kier molecular flexibility index (Phi) is 3.94. The van der Waals surface area contributed by atoms with Gasteiger partial charge in [0.25, 0.3) is 0 Å². The van der Waals surface area contributed by atoms with Crippen molar-refractivity contribution in [1.29, 1.82) is 0 Å². The zero-order chi connectivity index (χ0) is 13.9. The molecule has 6 heteroatoms. The Morgan fingerprint density at radius 2 is 1.90 bits per heavy atom. The molecule has 3 rings (SSSR count). The van der Waals surface area contributed by atoms with E-state index >= 15 is 0 Å². The third kappa shape index (κ3) is 2.81. The molecule has 1 fully saturated rings. The molecule has 1 N–H and O–H groups in total. The van der Waals surface area contributed by atoms with E-state index in [9.17, 15) is 0 Å². The highest BCUT2D eigenvalue weighted by Crippen LogP contribution is 2.31. The van der Waals surface area contributed by atoms with E-state index in [4.69, 9.17) is 23.2 Å². The first-order valence-electron chi connectivity index (χ1n) is 6.53. The Morgan fingerprint density at radius 3 is 2.70 bits per heavy atom. The number of anilines is 3. The smallest absolute Gasteiger partial charge is 0.227 e. The van der Waals surface area contributed by atoms with Gasteiger partial charge >= 0.3 is 0 Å². The minimum atomic E-state index is 0.496. The van der Waals surface area contributed by atoms with Crippen LogP contribution in [0.1, 0.15) is 12.8 Å². The van der Waals surface area contributed by atoms with E-state index in [1.807, 2.05) is 18.2 Å². The summed E-state index contributed by atoms with van der Waals surface area (Å²) < 4.78 is 0. The summed E-state index contributed by atoms with van der Waals surface area (Å²) in [4.78, 5) is 11.0. The van der Waals surface area contributed by atoms with Crippen LogP contribution in [0, 0.1) is 0 Å². The molecular formula is C14H14Cl2N4. The highest BCUT2D eigenvalue weighted by molar-refractivity contribution is 6.43. The van der Waals surface area contributed by atoms with E-state index in [1.165, 1.54) is 12.8 Å². The van der Waals surface area contributed by atoms with Crippen molar-refractivity contribution in [2.45, 2.75) is 12.8 Å².